The molecular formula is C19H14F4N4OS. The molecule has 1 aromatic heterocycles. The number of halogens is 4. The molecular weight excluding hydrogens is 408 g/mol. The number of anilines is 1. The summed E-state index contributed by atoms with van der Waals surface area (Å²) in [7, 11) is 0. The number of carbonyl (C=O) groups is 1. The van der Waals surface area contributed by atoms with Crippen LogP contribution in [0.2, 0.25) is 0 Å². The van der Waals surface area contributed by atoms with Crippen molar-refractivity contribution in [2.75, 3.05) is 5.32 Å². The van der Waals surface area contributed by atoms with Crippen LogP contribution in [0.5, 0.6) is 0 Å². The minimum atomic E-state index is -4.46. The van der Waals surface area contributed by atoms with E-state index in [1.54, 1.807) is 12.3 Å². The first-order valence-corrected chi connectivity index (χ1v) is 9.11. The van der Waals surface area contributed by atoms with E-state index in [9.17, 15) is 22.4 Å². The van der Waals surface area contributed by atoms with E-state index < -0.39 is 23.5 Å². The summed E-state index contributed by atoms with van der Waals surface area (Å²) >= 11 is 1.29. The number of aromatic nitrogens is 1. The lowest BCUT2D eigenvalue weighted by Gasteiger charge is -2.11. The number of carbonyl (C=O) groups excluding carboxylic acids is 1. The van der Waals surface area contributed by atoms with Crippen LogP contribution in [0, 0.1) is 12.7 Å². The highest BCUT2D eigenvalue weighted by atomic mass is 32.1. The molecule has 0 aliphatic carbocycles. The van der Waals surface area contributed by atoms with Crippen LogP contribution in [0.25, 0.3) is 0 Å². The van der Waals surface area contributed by atoms with Crippen molar-refractivity contribution in [3.05, 3.63) is 76.0 Å². The first kappa shape index (κ1) is 20.5. The fourth-order valence-corrected chi connectivity index (χ4v) is 2.84. The summed E-state index contributed by atoms with van der Waals surface area (Å²) in [5, 5.41) is 7.61. The SMILES string of the molecule is Cc1nc(C(=O)NC(=Nc2ccc(C(F)(F)F)cc2)Nc2ccc(F)cc2)cs1. The summed E-state index contributed by atoms with van der Waals surface area (Å²) in [5.74, 6) is -1.04. The van der Waals surface area contributed by atoms with E-state index in [4.69, 9.17) is 0 Å². The van der Waals surface area contributed by atoms with Gasteiger partial charge in [-0.25, -0.2) is 14.4 Å². The van der Waals surface area contributed by atoms with Gasteiger partial charge in [0.15, 0.2) is 0 Å². The van der Waals surface area contributed by atoms with Gasteiger partial charge >= 0.3 is 6.18 Å². The molecule has 0 saturated heterocycles. The van der Waals surface area contributed by atoms with Gasteiger partial charge in [0.25, 0.3) is 5.91 Å². The Labute approximate surface area is 167 Å². The smallest absolute Gasteiger partial charge is 0.326 e. The molecule has 1 amide bonds. The van der Waals surface area contributed by atoms with Crippen molar-refractivity contribution >= 4 is 34.6 Å². The molecule has 5 nitrogen and oxygen atoms in total. The number of thiazole rings is 1. The van der Waals surface area contributed by atoms with E-state index in [0.29, 0.717) is 10.7 Å². The van der Waals surface area contributed by atoms with Crippen molar-refractivity contribution in [2.24, 2.45) is 4.99 Å². The molecule has 1 heterocycles. The van der Waals surface area contributed by atoms with E-state index >= 15 is 0 Å². The predicted octanol–water partition coefficient (Wildman–Crippen LogP) is 5.14. The molecule has 0 fully saturated rings. The van der Waals surface area contributed by atoms with Gasteiger partial charge in [0.2, 0.25) is 5.96 Å². The molecule has 10 heteroatoms. The molecule has 0 saturated carbocycles. The highest BCUT2D eigenvalue weighted by molar-refractivity contribution is 7.09. The highest BCUT2D eigenvalue weighted by Gasteiger charge is 2.29. The number of nitrogens with one attached hydrogen (secondary N) is 2. The summed E-state index contributed by atoms with van der Waals surface area (Å²) in [4.78, 5) is 20.6. The molecule has 150 valence electrons. The van der Waals surface area contributed by atoms with Gasteiger partial charge in [-0.1, -0.05) is 0 Å². The Morgan fingerprint density at radius 3 is 2.28 bits per heavy atom. The standard InChI is InChI=1S/C19H14F4N4OS/c1-11-24-16(10-29-11)17(28)27-18(26-15-8-4-13(20)5-9-15)25-14-6-2-12(3-7-14)19(21,22)23/h2-10H,1H3,(H2,25,26,27,28). The van der Waals surface area contributed by atoms with Gasteiger partial charge in [-0.2, -0.15) is 13.2 Å². The molecule has 3 aromatic rings. The Morgan fingerprint density at radius 2 is 1.72 bits per heavy atom. The van der Waals surface area contributed by atoms with E-state index in [1.165, 1.54) is 47.7 Å². The summed E-state index contributed by atoms with van der Waals surface area (Å²) < 4.78 is 51.3. The maximum atomic E-state index is 13.1. The Kier molecular flexibility index (Phi) is 5.92. The van der Waals surface area contributed by atoms with Crippen LogP contribution in [-0.4, -0.2) is 16.9 Å². The van der Waals surface area contributed by atoms with Crippen molar-refractivity contribution in [3.63, 3.8) is 0 Å². The molecule has 0 atom stereocenters. The van der Waals surface area contributed by atoms with Gasteiger partial charge in [-0.3, -0.25) is 10.1 Å². The first-order chi connectivity index (χ1) is 13.7. The van der Waals surface area contributed by atoms with Crippen molar-refractivity contribution in [1.29, 1.82) is 0 Å². The average Bonchev–Trinajstić information content (AvgIpc) is 3.10. The Bertz CT molecular complexity index is 1030. The number of hydrogen-bond donors (Lipinski definition) is 2. The minimum absolute atomic E-state index is 0.0491. The maximum absolute atomic E-state index is 13.1. The third-order valence-corrected chi connectivity index (χ3v) is 4.40. The van der Waals surface area contributed by atoms with Crippen LogP contribution in [0.1, 0.15) is 21.1 Å². The lowest BCUT2D eigenvalue weighted by molar-refractivity contribution is -0.137. The van der Waals surface area contributed by atoms with Crippen LogP contribution in [0.3, 0.4) is 0 Å². The quantitative estimate of drug-likeness (QED) is 0.349. The number of guanidine groups is 1. The van der Waals surface area contributed by atoms with Gasteiger partial charge in [0, 0.05) is 11.1 Å². The van der Waals surface area contributed by atoms with Crippen molar-refractivity contribution < 1.29 is 22.4 Å². The second kappa shape index (κ2) is 8.39. The van der Waals surface area contributed by atoms with E-state index in [0.717, 1.165) is 12.1 Å². The number of hydrogen-bond acceptors (Lipinski definition) is 4. The molecule has 0 aliphatic heterocycles. The van der Waals surface area contributed by atoms with E-state index in [2.05, 4.69) is 20.6 Å². The number of benzene rings is 2. The van der Waals surface area contributed by atoms with Crippen LogP contribution >= 0.6 is 11.3 Å². The fraction of sp³-hybridized carbons (Fsp3) is 0.105. The van der Waals surface area contributed by atoms with Crippen molar-refractivity contribution in [1.82, 2.24) is 10.3 Å². The topological polar surface area (TPSA) is 66.4 Å². The second-order valence-electron chi connectivity index (χ2n) is 5.84. The first-order valence-electron chi connectivity index (χ1n) is 8.23. The Balaban J connectivity index is 1.87. The monoisotopic (exact) mass is 422 g/mol. The summed E-state index contributed by atoms with van der Waals surface area (Å²) in [5.41, 5.74) is -0.0378. The van der Waals surface area contributed by atoms with Crippen LogP contribution in [0.4, 0.5) is 28.9 Å². The van der Waals surface area contributed by atoms with Gasteiger partial charge in [0.1, 0.15) is 11.5 Å². The minimum Gasteiger partial charge on any atom is -0.326 e. The van der Waals surface area contributed by atoms with Crippen molar-refractivity contribution in [3.8, 4) is 0 Å². The highest BCUT2D eigenvalue weighted by Crippen LogP contribution is 2.30. The number of aryl methyl sites for hydroxylation is 1. The lowest BCUT2D eigenvalue weighted by Crippen LogP contribution is -2.36. The van der Waals surface area contributed by atoms with Crippen LogP contribution in [-0.2, 0) is 6.18 Å². The average molecular weight is 422 g/mol. The molecule has 2 aromatic carbocycles. The molecule has 0 bridgehead atoms. The number of rotatable bonds is 3. The zero-order valence-electron chi connectivity index (χ0n) is 14.9. The predicted molar refractivity (Wildman–Crippen MR) is 103 cm³/mol. The second-order valence-corrected chi connectivity index (χ2v) is 6.91. The largest absolute Gasteiger partial charge is 0.416 e. The number of nitrogens with zero attached hydrogens (tertiary/aromatic N) is 2. The van der Waals surface area contributed by atoms with E-state index in [1.807, 2.05) is 0 Å². The van der Waals surface area contributed by atoms with Crippen LogP contribution in [0.15, 0.2) is 58.9 Å². The molecule has 0 unspecified atom stereocenters. The van der Waals surface area contributed by atoms with Gasteiger partial charge in [-0.05, 0) is 55.5 Å². The Hall–Kier alpha value is -3.27. The van der Waals surface area contributed by atoms with Crippen LogP contribution < -0.4 is 10.6 Å². The summed E-state index contributed by atoms with van der Waals surface area (Å²) in [6, 6.07) is 9.41. The molecule has 0 aliphatic rings. The number of aliphatic imine (C=N–C) groups is 1. The van der Waals surface area contributed by atoms with Crippen molar-refractivity contribution in [2.45, 2.75) is 13.1 Å². The van der Waals surface area contributed by atoms with Gasteiger partial charge in [-0.15, -0.1) is 11.3 Å². The molecule has 29 heavy (non-hydrogen) atoms. The number of alkyl halides is 3. The maximum Gasteiger partial charge on any atom is 0.416 e. The molecule has 2 N–H and O–H groups in total. The van der Waals surface area contributed by atoms with Gasteiger partial charge < -0.3 is 5.32 Å². The molecule has 0 spiro atoms. The number of amides is 1. The summed E-state index contributed by atoms with van der Waals surface area (Å²) in [6.07, 6.45) is -4.46. The lowest BCUT2D eigenvalue weighted by atomic mass is 10.2. The van der Waals surface area contributed by atoms with Gasteiger partial charge in [0.05, 0.1) is 16.3 Å². The van der Waals surface area contributed by atoms with E-state index in [-0.39, 0.29) is 17.3 Å². The third-order valence-electron chi connectivity index (χ3n) is 3.63. The summed E-state index contributed by atoms with van der Waals surface area (Å²) in [6.45, 7) is 1.75. The third kappa shape index (κ3) is 5.61. The Morgan fingerprint density at radius 1 is 1.07 bits per heavy atom. The zero-order chi connectivity index (χ0) is 21.0. The molecule has 3 rings (SSSR count). The fourth-order valence-electron chi connectivity index (χ4n) is 2.25. The zero-order valence-corrected chi connectivity index (χ0v) is 15.7. The normalized spacial score (nSPS) is 12.0. The molecule has 0 radical (unpaired) electrons.